The molecule has 0 aromatic carbocycles. The lowest BCUT2D eigenvalue weighted by Gasteiger charge is -2.30. The van der Waals surface area contributed by atoms with Gasteiger partial charge < -0.3 is 10.0 Å². The van der Waals surface area contributed by atoms with Crippen molar-refractivity contribution in [3.05, 3.63) is 0 Å². The van der Waals surface area contributed by atoms with Crippen LogP contribution in [-0.2, 0) is 4.79 Å². The third kappa shape index (κ3) is 3.05. The number of alkyl halides is 3. The maximum Gasteiger partial charge on any atom is 0.391 e. The Balaban J connectivity index is 1.41. The van der Waals surface area contributed by atoms with Crippen LogP contribution in [0.15, 0.2) is 0 Å². The third-order valence-corrected chi connectivity index (χ3v) is 5.71. The molecular weight excluding hydrogens is 283 g/mol. The van der Waals surface area contributed by atoms with Gasteiger partial charge in [0.05, 0.1) is 5.92 Å². The zero-order valence-electron chi connectivity index (χ0n) is 12.0. The molecule has 0 spiro atoms. The van der Waals surface area contributed by atoms with Crippen LogP contribution in [0.25, 0.3) is 0 Å². The number of carbonyl (C=O) groups excluding carboxylic acids is 1. The van der Waals surface area contributed by atoms with Gasteiger partial charge in [0.1, 0.15) is 0 Å². The molecule has 1 aliphatic heterocycles. The smallest absolute Gasteiger partial charge is 0.391 e. The van der Waals surface area contributed by atoms with E-state index in [4.69, 9.17) is 5.11 Å². The number of hydrogen-bond acceptors (Lipinski definition) is 2. The molecule has 3 atom stereocenters. The predicted molar refractivity (Wildman–Crippen MR) is 70.3 cm³/mol. The Kier molecular flexibility index (Phi) is 3.93. The fourth-order valence-corrected chi connectivity index (χ4v) is 4.19. The molecule has 3 nitrogen and oxygen atoms in total. The second kappa shape index (κ2) is 5.45. The Hall–Kier alpha value is -0.780. The van der Waals surface area contributed by atoms with E-state index in [1.54, 1.807) is 0 Å². The number of fused-ring (bicyclic) bond motifs is 1. The minimum absolute atomic E-state index is 0.0920. The summed E-state index contributed by atoms with van der Waals surface area (Å²) in [5, 5.41) is 9.09. The van der Waals surface area contributed by atoms with Crippen LogP contribution in [0, 0.1) is 29.6 Å². The molecule has 1 heterocycles. The quantitative estimate of drug-likeness (QED) is 0.870. The molecule has 120 valence electrons. The number of carbonyl (C=O) groups is 1. The highest BCUT2D eigenvalue weighted by Gasteiger charge is 2.56. The van der Waals surface area contributed by atoms with Gasteiger partial charge in [-0.25, -0.2) is 0 Å². The van der Waals surface area contributed by atoms with Crippen molar-refractivity contribution >= 4 is 5.91 Å². The van der Waals surface area contributed by atoms with Crippen molar-refractivity contribution in [2.45, 2.75) is 38.3 Å². The van der Waals surface area contributed by atoms with Crippen LogP contribution in [0.4, 0.5) is 13.2 Å². The average molecular weight is 305 g/mol. The van der Waals surface area contributed by atoms with Gasteiger partial charge in [0.15, 0.2) is 0 Å². The standard InChI is InChI=1S/C15H22F3NO2/c16-15(17,18)10-3-1-9(2-4-10)5-14(21)19-6-11-12(7-19)13(11)8-20/h9-13,20H,1-8H2/t9?,10?,11-,12+,13?. The molecule has 3 fully saturated rings. The number of nitrogens with zero attached hydrogens (tertiary/aromatic N) is 1. The van der Waals surface area contributed by atoms with Gasteiger partial charge in [0, 0.05) is 26.1 Å². The Morgan fingerprint density at radius 3 is 2.14 bits per heavy atom. The summed E-state index contributed by atoms with van der Waals surface area (Å²) in [6, 6.07) is 0. The molecule has 0 radical (unpaired) electrons. The van der Waals surface area contributed by atoms with Gasteiger partial charge in [-0.15, -0.1) is 0 Å². The number of piperidine rings is 1. The number of aliphatic hydroxyl groups excluding tert-OH is 1. The van der Waals surface area contributed by atoms with E-state index in [9.17, 15) is 18.0 Å². The first-order valence-electron chi connectivity index (χ1n) is 7.85. The van der Waals surface area contributed by atoms with Gasteiger partial charge >= 0.3 is 6.18 Å². The minimum Gasteiger partial charge on any atom is -0.396 e. The number of amides is 1. The summed E-state index contributed by atoms with van der Waals surface area (Å²) in [7, 11) is 0. The van der Waals surface area contributed by atoms with Gasteiger partial charge in [-0.2, -0.15) is 13.2 Å². The lowest BCUT2D eigenvalue weighted by molar-refractivity contribution is -0.184. The topological polar surface area (TPSA) is 40.5 Å². The van der Waals surface area contributed by atoms with Crippen LogP contribution < -0.4 is 0 Å². The number of hydrogen-bond donors (Lipinski definition) is 1. The third-order valence-electron chi connectivity index (χ3n) is 5.71. The van der Waals surface area contributed by atoms with Gasteiger partial charge in [0.2, 0.25) is 5.91 Å². The number of rotatable bonds is 3. The van der Waals surface area contributed by atoms with E-state index in [0.29, 0.717) is 37.0 Å². The van der Waals surface area contributed by atoms with E-state index in [1.165, 1.54) is 0 Å². The predicted octanol–water partition coefficient (Wildman–Crippen LogP) is 2.44. The van der Waals surface area contributed by atoms with Crippen molar-refractivity contribution in [1.82, 2.24) is 4.90 Å². The molecule has 1 unspecified atom stereocenters. The summed E-state index contributed by atoms with van der Waals surface area (Å²) >= 11 is 0. The van der Waals surface area contributed by atoms with Crippen molar-refractivity contribution in [2.24, 2.45) is 29.6 Å². The molecule has 6 heteroatoms. The van der Waals surface area contributed by atoms with E-state index < -0.39 is 12.1 Å². The molecule has 3 rings (SSSR count). The van der Waals surface area contributed by atoms with Crippen molar-refractivity contribution in [3.8, 4) is 0 Å². The van der Waals surface area contributed by atoms with Crippen LogP contribution >= 0.6 is 0 Å². The van der Waals surface area contributed by atoms with Gasteiger partial charge in [-0.3, -0.25) is 4.79 Å². The first kappa shape index (κ1) is 15.1. The lowest BCUT2D eigenvalue weighted by Crippen LogP contribution is -2.34. The molecule has 0 aromatic rings. The molecule has 2 aliphatic carbocycles. The molecule has 0 bridgehead atoms. The second-order valence-corrected chi connectivity index (χ2v) is 6.94. The zero-order chi connectivity index (χ0) is 15.2. The van der Waals surface area contributed by atoms with E-state index in [-0.39, 0.29) is 31.3 Å². The van der Waals surface area contributed by atoms with Crippen LogP contribution in [-0.4, -0.2) is 41.8 Å². The first-order chi connectivity index (χ1) is 9.90. The summed E-state index contributed by atoms with van der Waals surface area (Å²) in [4.78, 5) is 14.0. The SMILES string of the molecule is O=C(CC1CCC(C(F)(F)F)CC1)N1C[C@@H]2C(CO)[C@@H]2C1. The molecule has 21 heavy (non-hydrogen) atoms. The highest BCUT2D eigenvalue weighted by Crippen LogP contribution is 2.51. The molecule has 1 amide bonds. The maximum atomic E-state index is 12.6. The Labute approximate surface area is 122 Å². The molecule has 0 aromatic heterocycles. The van der Waals surface area contributed by atoms with E-state index in [2.05, 4.69) is 0 Å². The van der Waals surface area contributed by atoms with Crippen LogP contribution in [0.3, 0.4) is 0 Å². The van der Waals surface area contributed by atoms with E-state index in [0.717, 1.165) is 13.1 Å². The molecule has 2 saturated carbocycles. The molecule has 1 N–H and O–H groups in total. The highest BCUT2D eigenvalue weighted by molar-refractivity contribution is 5.77. The van der Waals surface area contributed by atoms with Crippen LogP contribution in [0.1, 0.15) is 32.1 Å². The first-order valence-corrected chi connectivity index (χ1v) is 7.85. The molecule has 1 saturated heterocycles. The van der Waals surface area contributed by atoms with Gasteiger partial charge in [0.25, 0.3) is 0 Å². The van der Waals surface area contributed by atoms with Crippen molar-refractivity contribution in [3.63, 3.8) is 0 Å². The van der Waals surface area contributed by atoms with E-state index in [1.807, 2.05) is 4.90 Å². The monoisotopic (exact) mass is 305 g/mol. The summed E-state index contributed by atoms with van der Waals surface area (Å²) in [5.41, 5.74) is 0. The Morgan fingerprint density at radius 1 is 1.10 bits per heavy atom. The fourth-order valence-electron chi connectivity index (χ4n) is 4.19. The zero-order valence-corrected chi connectivity index (χ0v) is 12.0. The summed E-state index contributed by atoms with van der Waals surface area (Å²) in [6.07, 6.45) is -2.33. The van der Waals surface area contributed by atoms with Crippen molar-refractivity contribution < 1.29 is 23.1 Å². The largest absolute Gasteiger partial charge is 0.396 e. The number of likely N-dealkylation sites (tertiary alicyclic amines) is 1. The average Bonchev–Trinajstić information content (AvgIpc) is 2.89. The Bertz CT molecular complexity index is 392. The lowest BCUT2D eigenvalue weighted by atomic mass is 9.80. The van der Waals surface area contributed by atoms with Gasteiger partial charge in [-0.1, -0.05) is 0 Å². The number of aliphatic hydroxyl groups is 1. The van der Waals surface area contributed by atoms with Crippen LogP contribution in [0.5, 0.6) is 0 Å². The summed E-state index contributed by atoms with van der Waals surface area (Å²) < 4.78 is 37.8. The van der Waals surface area contributed by atoms with Crippen LogP contribution in [0.2, 0.25) is 0 Å². The van der Waals surface area contributed by atoms with Crippen molar-refractivity contribution in [2.75, 3.05) is 19.7 Å². The van der Waals surface area contributed by atoms with Gasteiger partial charge in [-0.05, 0) is 49.4 Å². The highest BCUT2D eigenvalue weighted by atomic mass is 19.4. The van der Waals surface area contributed by atoms with Crippen molar-refractivity contribution in [1.29, 1.82) is 0 Å². The normalized spacial score (nSPS) is 39.2. The number of halogens is 3. The maximum absolute atomic E-state index is 12.6. The van der Waals surface area contributed by atoms with E-state index >= 15 is 0 Å². The minimum atomic E-state index is -4.08. The fraction of sp³-hybridized carbons (Fsp3) is 0.933. The Morgan fingerprint density at radius 2 is 1.67 bits per heavy atom. The molecule has 3 aliphatic rings. The summed E-state index contributed by atoms with van der Waals surface area (Å²) in [6.45, 7) is 1.66. The molecular formula is C15H22F3NO2. The second-order valence-electron chi connectivity index (χ2n) is 6.94. The summed E-state index contributed by atoms with van der Waals surface area (Å²) in [5.74, 6) is 0.320.